The zero-order chi connectivity index (χ0) is 15.7. The van der Waals surface area contributed by atoms with Crippen LogP contribution < -0.4 is 15.8 Å². The zero-order valence-corrected chi connectivity index (χ0v) is 14.3. The second kappa shape index (κ2) is 11.3. The van der Waals surface area contributed by atoms with Crippen LogP contribution in [0.25, 0.3) is 0 Å². The molecule has 3 N–H and O–H groups in total. The van der Waals surface area contributed by atoms with Gasteiger partial charge in [-0.25, -0.2) is 0 Å². The molecule has 6 heteroatoms. The lowest BCUT2D eigenvalue weighted by Gasteiger charge is -2.20. The summed E-state index contributed by atoms with van der Waals surface area (Å²) in [7, 11) is 1.56. The fraction of sp³-hybridized carbons (Fsp3) is 0.562. The summed E-state index contributed by atoms with van der Waals surface area (Å²) < 4.78 is 11.0. The van der Waals surface area contributed by atoms with Gasteiger partial charge in [0.2, 0.25) is 5.91 Å². The average Bonchev–Trinajstić information content (AvgIpc) is 2.50. The summed E-state index contributed by atoms with van der Waals surface area (Å²) >= 11 is 0. The van der Waals surface area contributed by atoms with Crippen molar-refractivity contribution >= 4 is 18.3 Å². The Labute approximate surface area is 139 Å². The van der Waals surface area contributed by atoms with Crippen LogP contribution in [-0.4, -0.2) is 38.3 Å². The molecule has 0 bridgehead atoms. The van der Waals surface area contributed by atoms with Gasteiger partial charge >= 0.3 is 0 Å². The standard InChI is InChI=1S/C16H26N2O3.ClH/c1-4-13(21-15-8-6-5-7-12(15)2)11-18-16(19)9-14(10-17)20-3;/h5-8,13-14H,4,9-11,17H2,1-3H3,(H,18,19);1H. The van der Waals surface area contributed by atoms with E-state index < -0.39 is 0 Å². The molecule has 0 saturated heterocycles. The molecule has 1 rings (SSSR count). The molecular weight excluding hydrogens is 304 g/mol. The van der Waals surface area contributed by atoms with E-state index in [0.717, 1.165) is 17.7 Å². The van der Waals surface area contributed by atoms with Crippen LogP contribution in [0.5, 0.6) is 5.75 Å². The fourth-order valence-electron chi connectivity index (χ4n) is 1.91. The van der Waals surface area contributed by atoms with E-state index in [4.69, 9.17) is 15.2 Å². The SMILES string of the molecule is CCC(CNC(=O)CC(CN)OC)Oc1ccccc1C.Cl. The molecule has 0 aliphatic heterocycles. The van der Waals surface area contributed by atoms with Crippen molar-refractivity contribution in [1.29, 1.82) is 0 Å². The Kier molecular flexibility index (Phi) is 10.6. The molecule has 1 amide bonds. The number of nitrogens with one attached hydrogen (secondary N) is 1. The molecule has 1 aromatic rings. The number of rotatable bonds is 9. The number of ether oxygens (including phenoxy) is 2. The van der Waals surface area contributed by atoms with Gasteiger partial charge in [-0.1, -0.05) is 25.1 Å². The maximum atomic E-state index is 11.8. The minimum Gasteiger partial charge on any atom is -0.488 e. The van der Waals surface area contributed by atoms with Crippen LogP contribution >= 0.6 is 12.4 Å². The first-order valence-electron chi connectivity index (χ1n) is 7.32. The van der Waals surface area contributed by atoms with Gasteiger partial charge in [0.1, 0.15) is 11.9 Å². The minimum atomic E-state index is -0.234. The van der Waals surface area contributed by atoms with Crippen molar-refractivity contribution in [3.63, 3.8) is 0 Å². The van der Waals surface area contributed by atoms with E-state index >= 15 is 0 Å². The highest BCUT2D eigenvalue weighted by Gasteiger charge is 2.14. The molecule has 0 aliphatic carbocycles. The van der Waals surface area contributed by atoms with Crippen molar-refractivity contribution < 1.29 is 14.3 Å². The molecule has 5 nitrogen and oxygen atoms in total. The second-order valence-electron chi connectivity index (χ2n) is 5.02. The zero-order valence-electron chi connectivity index (χ0n) is 13.5. The lowest BCUT2D eigenvalue weighted by Crippen LogP contribution is -2.38. The van der Waals surface area contributed by atoms with Crippen molar-refractivity contribution in [3.05, 3.63) is 29.8 Å². The van der Waals surface area contributed by atoms with Crippen molar-refractivity contribution in [3.8, 4) is 5.75 Å². The number of benzene rings is 1. The van der Waals surface area contributed by atoms with Gasteiger partial charge in [0, 0.05) is 13.7 Å². The van der Waals surface area contributed by atoms with Crippen LogP contribution in [0.15, 0.2) is 24.3 Å². The predicted molar refractivity (Wildman–Crippen MR) is 90.6 cm³/mol. The molecule has 0 aromatic heterocycles. The first-order chi connectivity index (χ1) is 10.1. The third kappa shape index (κ3) is 7.11. The molecule has 0 aliphatic rings. The highest BCUT2D eigenvalue weighted by Crippen LogP contribution is 2.18. The first-order valence-corrected chi connectivity index (χ1v) is 7.32. The van der Waals surface area contributed by atoms with Gasteiger partial charge in [-0.05, 0) is 25.0 Å². The summed E-state index contributed by atoms with van der Waals surface area (Å²) in [6.07, 6.45) is 0.809. The summed E-state index contributed by atoms with van der Waals surface area (Å²) in [6, 6.07) is 7.86. The number of carbonyl (C=O) groups excluding carboxylic acids is 1. The van der Waals surface area contributed by atoms with E-state index in [1.165, 1.54) is 0 Å². The van der Waals surface area contributed by atoms with Crippen molar-refractivity contribution in [2.45, 2.75) is 38.9 Å². The van der Waals surface area contributed by atoms with Gasteiger partial charge in [0.05, 0.1) is 19.1 Å². The number of para-hydroxylation sites is 1. The predicted octanol–water partition coefficient (Wildman–Crippen LogP) is 2.05. The number of amides is 1. The van der Waals surface area contributed by atoms with Gasteiger partial charge in [0.15, 0.2) is 0 Å². The Hall–Kier alpha value is -1.30. The summed E-state index contributed by atoms with van der Waals surface area (Å²) in [4.78, 5) is 11.8. The van der Waals surface area contributed by atoms with Crippen LogP contribution in [-0.2, 0) is 9.53 Å². The number of hydrogen-bond acceptors (Lipinski definition) is 4. The largest absolute Gasteiger partial charge is 0.488 e. The van der Waals surface area contributed by atoms with Gasteiger partial charge < -0.3 is 20.5 Å². The topological polar surface area (TPSA) is 73.6 Å². The van der Waals surface area contributed by atoms with Gasteiger partial charge in [-0.15, -0.1) is 12.4 Å². The molecule has 0 saturated carbocycles. The first kappa shape index (κ1) is 20.7. The molecule has 22 heavy (non-hydrogen) atoms. The van der Waals surface area contributed by atoms with Crippen molar-refractivity contribution in [2.75, 3.05) is 20.2 Å². The summed E-state index contributed by atoms with van der Waals surface area (Å²) in [5, 5.41) is 2.87. The van der Waals surface area contributed by atoms with E-state index in [2.05, 4.69) is 5.32 Å². The molecule has 126 valence electrons. The number of methoxy groups -OCH3 is 1. The molecule has 1 aromatic carbocycles. The van der Waals surface area contributed by atoms with E-state index in [1.54, 1.807) is 7.11 Å². The average molecular weight is 331 g/mol. The normalized spacial score (nSPS) is 12.9. The Morgan fingerprint density at radius 1 is 1.32 bits per heavy atom. The lowest BCUT2D eigenvalue weighted by molar-refractivity contribution is -0.123. The van der Waals surface area contributed by atoms with Crippen LogP contribution in [0.3, 0.4) is 0 Å². The molecule has 0 heterocycles. The third-order valence-corrected chi connectivity index (χ3v) is 3.38. The number of halogens is 1. The quantitative estimate of drug-likeness (QED) is 0.727. The van der Waals surface area contributed by atoms with Gasteiger partial charge in [-0.2, -0.15) is 0 Å². The van der Waals surface area contributed by atoms with Crippen LogP contribution in [0, 0.1) is 6.92 Å². The number of hydrogen-bond donors (Lipinski definition) is 2. The Morgan fingerprint density at radius 2 is 2.00 bits per heavy atom. The highest BCUT2D eigenvalue weighted by molar-refractivity contribution is 5.85. The summed E-state index contributed by atoms with van der Waals surface area (Å²) in [6.45, 7) is 4.85. The van der Waals surface area contributed by atoms with Crippen molar-refractivity contribution in [2.24, 2.45) is 5.73 Å². The summed E-state index contributed by atoms with van der Waals surface area (Å²) in [5.41, 5.74) is 6.59. The maximum Gasteiger partial charge on any atom is 0.222 e. The number of carbonyl (C=O) groups is 1. The Balaban J connectivity index is 0.00000441. The molecule has 2 atom stereocenters. The molecule has 0 spiro atoms. The minimum absolute atomic E-state index is 0. The smallest absolute Gasteiger partial charge is 0.222 e. The lowest BCUT2D eigenvalue weighted by atomic mass is 10.2. The van der Waals surface area contributed by atoms with Crippen molar-refractivity contribution in [1.82, 2.24) is 5.32 Å². The molecule has 0 radical (unpaired) electrons. The van der Waals surface area contributed by atoms with Gasteiger partial charge in [0.25, 0.3) is 0 Å². The van der Waals surface area contributed by atoms with Crippen LogP contribution in [0.2, 0.25) is 0 Å². The number of nitrogens with two attached hydrogens (primary N) is 1. The Bertz CT molecular complexity index is 439. The summed E-state index contributed by atoms with van der Waals surface area (Å²) in [5.74, 6) is 0.787. The molecule has 0 fully saturated rings. The van der Waals surface area contributed by atoms with Crippen LogP contribution in [0.4, 0.5) is 0 Å². The van der Waals surface area contributed by atoms with Gasteiger partial charge in [-0.3, -0.25) is 4.79 Å². The fourth-order valence-corrected chi connectivity index (χ4v) is 1.91. The second-order valence-corrected chi connectivity index (χ2v) is 5.02. The van der Waals surface area contributed by atoms with E-state index in [1.807, 2.05) is 38.1 Å². The highest BCUT2D eigenvalue weighted by atomic mass is 35.5. The third-order valence-electron chi connectivity index (χ3n) is 3.38. The van der Waals surface area contributed by atoms with E-state index in [-0.39, 0.29) is 36.9 Å². The van der Waals surface area contributed by atoms with E-state index in [0.29, 0.717) is 13.1 Å². The number of aryl methyl sites for hydroxylation is 1. The maximum absolute atomic E-state index is 11.8. The van der Waals surface area contributed by atoms with Crippen LogP contribution in [0.1, 0.15) is 25.3 Å². The van der Waals surface area contributed by atoms with E-state index in [9.17, 15) is 4.79 Å². The Morgan fingerprint density at radius 3 is 2.55 bits per heavy atom. The monoisotopic (exact) mass is 330 g/mol. The molecular formula is C16H27ClN2O3. The molecule has 2 unspecified atom stereocenters.